The van der Waals surface area contributed by atoms with E-state index in [-0.39, 0.29) is 5.54 Å². The Morgan fingerprint density at radius 1 is 0.875 bits per heavy atom. The molecule has 1 heteroatoms. The fourth-order valence-electron chi connectivity index (χ4n) is 1.77. The molecule has 0 aromatic carbocycles. The second-order valence-electron chi connectivity index (χ2n) is 5.56. The number of rotatable bonds is 10. The van der Waals surface area contributed by atoms with Crippen LogP contribution in [0.1, 0.15) is 78.6 Å². The zero-order chi connectivity index (χ0) is 12.3. The molecule has 0 spiro atoms. The van der Waals surface area contributed by atoms with Crippen LogP contribution in [0.25, 0.3) is 0 Å². The van der Waals surface area contributed by atoms with Gasteiger partial charge in [0.1, 0.15) is 0 Å². The largest absolute Gasteiger partial charge is 0.326 e. The highest BCUT2D eigenvalue weighted by molar-refractivity contribution is 4.81. The third-order valence-corrected chi connectivity index (χ3v) is 2.83. The number of hydrogen-bond acceptors (Lipinski definition) is 1. The van der Waals surface area contributed by atoms with Crippen LogP contribution in [0, 0.1) is 0 Å². The van der Waals surface area contributed by atoms with Gasteiger partial charge in [-0.2, -0.15) is 0 Å². The first-order valence-corrected chi connectivity index (χ1v) is 7.00. The van der Waals surface area contributed by atoms with Crippen molar-refractivity contribution in [2.45, 2.75) is 84.1 Å². The lowest BCUT2D eigenvalue weighted by atomic mass is 9.98. The maximum absolute atomic E-state index is 5.93. The van der Waals surface area contributed by atoms with Crippen LogP contribution in [-0.4, -0.2) is 5.54 Å². The minimum absolute atomic E-state index is 0.0177. The lowest BCUT2D eigenvalue weighted by Gasteiger charge is -2.17. The third kappa shape index (κ3) is 13.7. The normalized spacial score (nSPS) is 12.5. The van der Waals surface area contributed by atoms with Crippen molar-refractivity contribution in [1.29, 1.82) is 0 Å². The zero-order valence-corrected chi connectivity index (χ0v) is 11.6. The van der Waals surface area contributed by atoms with Crippen molar-refractivity contribution < 1.29 is 0 Å². The van der Waals surface area contributed by atoms with Crippen LogP contribution < -0.4 is 5.73 Å². The van der Waals surface area contributed by atoms with Gasteiger partial charge in [-0.3, -0.25) is 0 Å². The van der Waals surface area contributed by atoms with Gasteiger partial charge in [-0.1, -0.05) is 44.8 Å². The summed E-state index contributed by atoms with van der Waals surface area (Å²) in [6.45, 7) is 6.47. The molecule has 0 saturated heterocycles. The fourth-order valence-corrected chi connectivity index (χ4v) is 1.77. The first-order chi connectivity index (χ1) is 7.56. The molecule has 96 valence electrons. The lowest BCUT2D eigenvalue weighted by molar-refractivity contribution is 0.451. The topological polar surface area (TPSA) is 26.0 Å². The van der Waals surface area contributed by atoms with Gasteiger partial charge in [-0.25, -0.2) is 0 Å². The molecule has 0 saturated carbocycles. The standard InChI is InChI=1S/C15H31N/c1-4-5-6-7-8-9-10-11-12-13-14-15(2,3)16/h9-10H,4-8,11-14,16H2,1-3H3/b10-9+. The molecule has 0 fully saturated rings. The summed E-state index contributed by atoms with van der Waals surface area (Å²) in [6, 6.07) is 0. The molecule has 0 atom stereocenters. The van der Waals surface area contributed by atoms with Crippen LogP contribution in [0.3, 0.4) is 0 Å². The van der Waals surface area contributed by atoms with Gasteiger partial charge in [0.2, 0.25) is 0 Å². The van der Waals surface area contributed by atoms with E-state index in [0.717, 1.165) is 6.42 Å². The summed E-state index contributed by atoms with van der Waals surface area (Å²) < 4.78 is 0. The maximum atomic E-state index is 5.93. The number of hydrogen-bond donors (Lipinski definition) is 1. The van der Waals surface area contributed by atoms with E-state index in [2.05, 4.69) is 32.9 Å². The predicted molar refractivity (Wildman–Crippen MR) is 74.6 cm³/mol. The summed E-state index contributed by atoms with van der Waals surface area (Å²) in [6.07, 6.45) is 16.3. The fraction of sp³-hybridized carbons (Fsp3) is 0.867. The monoisotopic (exact) mass is 225 g/mol. The first-order valence-electron chi connectivity index (χ1n) is 7.00. The van der Waals surface area contributed by atoms with Crippen molar-refractivity contribution >= 4 is 0 Å². The SMILES string of the molecule is CCCCCC/C=C/CCCCC(C)(C)N. The maximum Gasteiger partial charge on any atom is 0.00970 e. The molecule has 0 rings (SSSR count). The molecule has 0 radical (unpaired) electrons. The molecule has 0 unspecified atom stereocenters. The second-order valence-corrected chi connectivity index (χ2v) is 5.56. The summed E-state index contributed by atoms with van der Waals surface area (Å²) in [4.78, 5) is 0. The summed E-state index contributed by atoms with van der Waals surface area (Å²) in [5, 5.41) is 0. The van der Waals surface area contributed by atoms with Gasteiger partial charge in [0.25, 0.3) is 0 Å². The summed E-state index contributed by atoms with van der Waals surface area (Å²) in [5.41, 5.74) is 5.94. The molecule has 0 heterocycles. The molecule has 0 aliphatic carbocycles. The van der Waals surface area contributed by atoms with Crippen LogP contribution >= 0.6 is 0 Å². The summed E-state index contributed by atoms with van der Waals surface area (Å²) in [7, 11) is 0. The van der Waals surface area contributed by atoms with Crippen molar-refractivity contribution in [1.82, 2.24) is 0 Å². The van der Waals surface area contributed by atoms with Crippen molar-refractivity contribution in [2.75, 3.05) is 0 Å². The van der Waals surface area contributed by atoms with Crippen molar-refractivity contribution in [3.8, 4) is 0 Å². The Bertz CT molecular complexity index is 165. The molecule has 1 nitrogen and oxygen atoms in total. The first kappa shape index (κ1) is 15.7. The summed E-state index contributed by atoms with van der Waals surface area (Å²) in [5.74, 6) is 0. The van der Waals surface area contributed by atoms with Gasteiger partial charge in [0, 0.05) is 5.54 Å². The average Bonchev–Trinajstić information content (AvgIpc) is 2.19. The van der Waals surface area contributed by atoms with Gasteiger partial charge in [0.05, 0.1) is 0 Å². The Kier molecular flexibility index (Phi) is 9.71. The molecule has 0 aliphatic rings. The molecule has 0 aliphatic heterocycles. The average molecular weight is 225 g/mol. The molecule has 0 aromatic heterocycles. The van der Waals surface area contributed by atoms with E-state index in [1.54, 1.807) is 0 Å². The van der Waals surface area contributed by atoms with Gasteiger partial charge in [-0.15, -0.1) is 0 Å². The number of nitrogens with two attached hydrogens (primary N) is 1. The van der Waals surface area contributed by atoms with E-state index < -0.39 is 0 Å². The van der Waals surface area contributed by atoms with Gasteiger partial charge in [0.15, 0.2) is 0 Å². The molecule has 0 aromatic rings. The Morgan fingerprint density at radius 2 is 1.44 bits per heavy atom. The lowest BCUT2D eigenvalue weighted by Crippen LogP contribution is -2.31. The Balaban J connectivity index is 3.16. The second kappa shape index (κ2) is 9.89. The summed E-state index contributed by atoms with van der Waals surface area (Å²) >= 11 is 0. The third-order valence-electron chi connectivity index (χ3n) is 2.83. The molecule has 2 N–H and O–H groups in total. The molecule has 16 heavy (non-hydrogen) atoms. The number of allylic oxidation sites excluding steroid dienone is 2. The van der Waals surface area contributed by atoms with E-state index >= 15 is 0 Å². The Hall–Kier alpha value is -0.300. The van der Waals surface area contributed by atoms with Crippen molar-refractivity contribution in [3.05, 3.63) is 12.2 Å². The highest BCUT2D eigenvalue weighted by Gasteiger charge is 2.08. The zero-order valence-electron chi connectivity index (χ0n) is 11.6. The molecule has 0 amide bonds. The van der Waals surface area contributed by atoms with Crippen LogP contribution in [0.2, 0.25) is 0 Å². The minimum Gasteiger partial charge on any atom is -0.326 e. The van der Waals surface area contributed by atoms with Gasteiger partial charge in [-0.05, 0) is 46.0 Å². The smallest absolute Gasteiger partial charge is 0.00970 e. The molecular formula is C15H31N. The van der Waals surface area contributed by atoms with E-state index in [9.17, 15) is 0 Å². The highest BCUT2D eigenvalue weighted by atomic mass is 14.7. The van der Waals surface area contributed by atoms with E-state index in [4.69, 9.17) is 5.73 Å². The van der Waals surface area contributed by atoms with Crippen molar-refractivity contribution in [2.24, 2.45) is 5.73 Å². The van der Waals surface area contributed by atoms with Gasteiger partial charge >= 0.3 is 0 Å². The highest BCUT2D eigenvalue weighted by Crippen LogP contribution is 2.11. The minimum atomic E-state index is 0.0177. The quantitative estimate of drug-likeness (QED) is 0.419. The Labute approximate surface area is 102 Å². The molecular weight excluding hydrogens is 194 g/mol. The van der Waals surface area contributed by atoms with E-state index in [1.807, 2.05) is 0 Å². The van der Waals surface area contributed by atoms with Crippen LogP contribution in [0.5, 0.6) is 0 Å². The van der Waals surface area contributed by atoms with Crippen molar-refractivity contribution in [3.63, 3.8) is 0 Å². The molecule has 0 bridgehead atoms. The van der Waals surface area contributed by atoms with Crippen LogP contribution in [-0.2, 0) is 0 Å². The van der Waals surface area contributed by atoms with Crippen LogP contribution in [0.4, 0.5) is 0 Å². The van der Waals surface area contributed by atoms with Gasteiger partial charge < -0.3 is 5.73 Å². The Morgan fingerprint density at radius 3 is 1.94 bits per heavy atom. The van der Waals surface area contributed by atoms with E-state index in [1.165, 1.54) is 51.4 Å². The van der Waals surface area contributed by atoms with E-state index in [0.29, 0.717) is 0 Å². The predicted octanol–water partition coefficient (Wildman–Crippen LogP) is 4.81. The van der Waals surface area contributed by atoms with Crippen LogP contribution in [0.15, 0.2) is 12.2 Å². The number of unbranched alkanes of at least 4 members (excludes halogenated alkanes) is 6.